The number of halogens is 12. The lowest BCUT2D eigenvalue weighted by molar-refractivity contribution is -0.138. The molecule has 0 spiro atoms. The summed E-state index contributed by atoms with van der Waals surface area (Å²) in [5, 5.41) is 11.6. The van der Waals surface area contributed by atoms with Gasteiger partial charge in [-0.2, -0.15) is 57.9 Å². The molecule has 2 heterocycles. The van der Waals surface area contributed by atoms with Crippen molar-refractivity contribution in [1.82, 2.24) is 9.13 Å². The lowest BCUT2D eigenvalue weighted by Crippen LogP contribution is -2.10. The van der Waals surface area contributed by atoms with Crippen LogP contribution in [0, 0.1) is 18.3 Å². The van der Waals surface area contributed by atoms with E-state index in [2.05, 4.69) is 0 Å². The predicted octanol–water partition coefficient (Wildman–Crippen LogP) is 13.8. The van der Waals surface area contributed by atoms with Crippen LogP contribution in [0.25, 0.3) is 66.1 Å². The van der Waals surface area contributed by atoms with Crippen LogP contribution in [0.15, 0.2) is 109 Å². The SMILES string of the molecule is Cc1ccc2c3ccc(C(F)(F)F)cc3n(-c3cc(-c4ccccc4C(F)(F)F)cc(-n4c5cc(C(F)(F)F)ccc5c5ccc(C(F)(F)F)cc54)c3C#N)c2c1. The Balaban J connectivity index is 1.62. The second-order valence-corrected chi connectivity index (χ2v) is 13.4. The first-order valence-corrected chi connectivity index (χ1v) is 16.8. The number of hydrogen-bond acceptors (Lipinski definition) is 1. The summed E-state index contributed by atoms with van der Waals surface area (Å²) < 4.78 is 174. The quantitative estimate of drug-likeness (QED) is 0.164. The number of fused-ring (bicyclic) bond motifs is 6. The minimum Gasteiger partial charge on any atom is -0.308 e. The van der Waals surface area contributed by atoms with Gasteiger partial charge in [-0.15, -0.1) is 0 Å². The molecule has 0 amide bonds. The molecule has 8 rings (SSSR count). The largest absolute Gasteiger partial charge is 0.417 e. The van der Waals surface area contributed by atoms with Gasteiger partial charge in [-0.3, -0.25) is 0 Å². The van der Waals surface area contributed by atoms with Crippen molar-refractivity contribution >= 4 is 43.6 Å². The van der Waals surface area contributed by atoms with Crippen LogP contribution in [0.3, 0.4) is 0 Å². The van der Waals surface area contributed by atoms with E-state index in [4.69, 9.17) is 0 Å². The Labute approximate surface area is 313 Å². The van der Waals surface area contributed by atoms with Gasteiger partial charge in [-0.1, -0.05) is 48.5 Å². The van der Waals surface area contributed by atoms with E-state index < -0.39 is 63.8 Å². The average molecular weight is 796 g/mol. The van der Waals surface area contributed by atoms with Crippen LogP contribution in [-0.2, 0) is 24.7 Å². The third kappa shape index (κ3) is 6.19. The molecule has 0 fully saturated rings. The Morgan fingerprint density at radius 3 is 1.23 bits per heavy atom. The molecule has 0 radical (unpaired) electrons. The number of nitriles is 1. The highest BCUT2D eigenvalue weighted by molar-refractivity contribution is 6.11. The Hall–Kier alpha value is -6.43. The lowest BCUT2D eigenvalue weighted by atomic mass is 9.96. The summed E-state index contributed by atoms with van der Waals surface area (Å²) in [6.45, 7) is 1.67. The summed E-state index contributed by atoms with van der Waals surface area (Å²) >= 11 is 0. The first kappa shape index (κ1) is 37.5. The van der Waals surface area contributed by atoms with Crippen molar-refractivity contribution in [1.29, 1.82) is 5.26 Å². The molecule has 57 heavy (non-hydrogen) atoms. The van der Waals surface area contributed by atoms with E-state index in [0.717, 1.165) is 71.3 Å². The maximum absolute atomic E-state index is 14.6. The minimum absolute atomic E-state index is 0.0144. The second-order valence-electron chi connectivity index (χ2n) is 13.4. The van der Waals surface area contributed by atoms with Crippen molar-refractivity contribution in [2.45, 2.75) is 31.6 Å². The third-order valence-electron chi connectivity index (χ3n) is 9.91. The van der Waals surface area contributed by atoms with Crippen LogP contribution in [0.2, 0.25) is 0 Å². The Bertz CT molecular complexity index is 2920. The van der Waals surface area contributed by atoms with Gasteiger partial charge < -0.3 is 9.13 Å². The van der Waals surface area contributed by atoms with Crippen LogP contribution in [0.4, 0.5) is 52.7 Å². The van der Waals surface area contributed by atoms with Crippen LogP contribution in [-0.4, -0.2) is 9.13 Å². The van der Waals surface area contributed by atoms with E-state index in [1.807, 2.05) is 6.07 Å². The van der Waals surface area contributed by atoms with Gasteiger partial charge in [0, 0.05) is 21.5 Å². The average Bonchev–Trinajstić information content (AvgIpc) is 3.63. The fourth-order valence-electron chi connectivity index (χ4n) is 7.41. The molecule has 0 bridgehead atoms. The lowest BCUT2D eigenvalue weighted by Gasteiger charge is -2.20. The zero-order valence-corrected chi connectivity index (χ0v) is 28.8. The number of aromatic nitrogens is 2. The Morgan fingerprint density at radius 1 is 0.456 bits per heavy atom. The smallest absolute Gasteiger partial charge is 0.308 e. The molecule has 2 aromatic heterocycles. The Kier molecular flexibility index (Phi) is 8.25. The van der Waals surface area contributed by atoms with Crippen LogP contribution in [0.1, 0.15) is 33.4 Å². The van der Waals surface area contributed by atoms with E-state index in [-0.39, 0.29) is 49.5 Å². The normalized spacial score (nSPS) is 13.0. The van der Waals surface area contributed by atoms with Crippen molar-refractivity contribution in [3.8, 4) is 28.6 Å². The Morgan fingerprint density at radius 2 is 0.842 bits per heavy atom. The number of aryl methyl sites for hydroxylation is 1. The molecular formula is C42H21F12N3. The molecule has 6 aromatic carbocycles. The standard InChI is InChI=1S/C42H21F12N3/c1-21-6-10-27-28-11-7-23(39(43,44)45)17-36(28)56(33(27)14-21)34-15-22(26-4-2-3-5-32(26)42(52,53)54)16-35(31(34)20-55)57-37-18-24(40(46,47)48)8-12-29(37)30-13-9-25(19-38(30)57)41(49,50)51/h2-19H,1H3. The molecule has 0 aliphatic rings. The first-order valence-electron chi connectivity index (χ1n) is 16.8. The zero-order chi connectivity index (χ0) is 41.0. The molecule has 0 aliphatic heterocycles. The molecular weight excluding hydrogens is 774 g/mol. The maximum atomic E-state index is 14.6. The van der Waals surface area contributed by atoms with Gasteiger partial charge >= 0.3 is 24.7 Å². The van der Waals surface area contributed by atoms with Crippen molar-refractivity contribution in [2.75, 3.05) is 0 Å². The van der Waals surface area contributed by atoms with Gasteiger partial charge in [0.05, 0.1) is 55.7 Å². The summed E-state index contributed by atoms with van der Waals surface area (Å²) in [7, 11) is 0. The maximum Gasteiger partial charge on any atom is 0.417 e. The molecule has 0 N–H and O–H groups in total. The number of hydrogen-bond donors (Lipinski definition) is 0. The van der Waals surface area contributed by atoms with Crippen molar-refractivity contribution < 1.29 is 52.7 Å². The number of alkyl halides is 12. The molecule has 288 valence electrons. The van der Waals surface area contributed by atoms with Gasteiger partial charge in [0.2, 0.25) is 0 Å². The fourth-order valence-corrected chi connectivity index (χ4v) is 7.41. The van der Waals surface area contributed by atoms with Gasteiger partial charge in [0.25, 0.3) is 0 Å². The highest BCUT2D eigenvalue weighted by Crippen LogP contribution is 2.45. The highest BCUT2D eigenvalue weighted by Gasteiger charge is 2.36. The molecule has 0 saturated heterocycles. The predicted molar refractivity (Wildman–Crippen MR) is 190 cm³/mol. The van der Waals surface area contributed by atoms with E-state index in [0.29, 0.717) is 23.1 Å². The minimum atomic E-state index is -4.98. The first-order chi connectivity index (χ1) is 26.7. The summed E-state index contributed by atoms with van der Waals surface area (Å²) in [5.74, 6) is 0. The summed E-state index contributed by atoms with van der Waals surface area (Å²) in [5.41, 5.74) is -6.71. The van der Waals surface area contributed by atoms with Gasteiger partial charge in [0.15, 0.2) is 0 Å². The summed E-state index contributed by atoms with van der Waals surface area (Å²) in [6, 6.07) is 20.9. The molecule has 15 heteroatoms. The second kappa shape index (κ2) is 12.5. The fraction of sp³-hybridized carbons (Fsp3) is 0.119. The van der Waals surface area contributed by atoms with Crippen molar-refractivity contribution in [3.63, 3.8) is 0 Å². The van der Waals surface area contributed by atoms with E-state index in [1.165, 1.54) is 16.7 Å². The van der Waals surface area contributed by atoms with E-state index in [9.17, 15) is 57.9 Å². The number of nitrogens with zero attached hydrogens (tertiary/aromatic N) is 3. The van der Waals surface area contributed by atoms with Crippen molar-refractivity contribution in [2.24, 2.45) is 0 Å². The molecule has 8 aromatic rings. The van der Waals surface area contributed by atoms with Crippen LogP contribution in [0.5, 0.6) is 0 Å². The topological polar surface area (TPSA) is 33.6 Å². The molecule has 3 nitrogen and oxygen atoms in total. The van der Waals surface area contributed by atoms with E-state index >= 15 is 0 Å². The van der Waals surface area contributed by atoms with Gasteiger partial charge in [-0.05, 0) is 84.3 Å². The number of benzene rings is 6. The number of rotatable bonds is 3. The summed E-state index contributed by atoms with van der Waals surface area (Å²) in [6.07, 6.45) is -19.8. The molecule has 0 atom stereocenters. The highest BCUT2D eigenvalue weighted by atomic mass is 19.4. The van der Waals surface area contributed by atoms with E-state index in [1.54, 1.807) is 25.1 Å². The van der Waals surface area contributed by atoms with Gasteiger partial charge in [0.1, 0.15) is 11.6 Å². The van der Waals surface area contributed by atoms with Crippen LogP contribution < -0.4 is 0 Å². The zero-order valence-electron chi connectivity index (χ0n) is 28.8. The van der Waals surface area contributed by atoms with Crippen molar-refractivity contribution in [3.05, 3.63) is 143 Å². The summed E-state index contributed by atoms with van der Waals surface area (Å²) in [4.78, 5) is 0. The van der Waals surface area contributed by atoms with Gasteiger partial charge in [-0.25, -0.2) is 0 Å². The third-order valence-corrected chi connectivity index (χ3v) is 9.91. The van der Waals surface area contributed by atoms with Crippen LogP contribution >= 0.6 is 0 Å². The monoisotopic (exact) mass is 795 g/mol. The molecule has 0 aliphatic carbocycles. The molecule has 0 saturated carbocycles. The molecule has 0 unspecified atom stereocenters.